The number of hydrogen-bond acceptors (Lipinski definition) is 5. The summed E-state index contributed by atoms with van der Waals surface area (Å²) in [6.07, 6.45) is 3.54. The summed E-state index contributed by atoms with van der Waals surface area (Å²) in [5, 5.41) is 17.1. The average molecular weight is 402 g/mol. The van der Waals surface area contributed by atoms with Crippen LogP contribution >= 0.6 is 0 Å². The van der Waals surface area contributed by atoms with Gasteiger partial charge in [0.1, 0.15) is 5.56 Å². The van der Waals surface area contributed by atoms with Gasteiger partial charge in [-0.1, -0.05) is 13.3 Å². The number of hydrogen-bond donors (Lipinski definition) is 2. The molecule has 0 saturated carbocycles. The van der Waals surface area contributed by atoms with E-state index in [2.05, 4.69) is 15.4 Å². The van der Waals surface area contributed by atoms with Crippen LogP contribution in [0, 0.1) is 19.8 Å². The van der Waals surface area contributed by atoms with Gasteiger partial charge in [-0.15, -0.1) is 0 Å². The van der Waals surface area contributed by atoms with Gasteiger partial charge in [0.25, 0.3) is 5.91 Å². The Morgan fingerprint density at radius 2 is 2.07 bits per heavy atom. The van der Waals surface area contributed by atoms with Crippen molar-refractivity contribution >= 4 is 17.5 Å². The average Bonchev–Trinajstić information content (AvgIpc) is 3.01. The van der Waals surface area contributed by atoms with Gasteiger partial charge in [0, 0.05) is 30.5 Å². The number of carbonyl (C=O) groups is 2. The van der Waals surface area contributed by atoms with Crippen LogP contribution in [0.2, 0.25) is 0 Å². The first-order valence-corrected chi connectivity index (χ1v) is 10.4. The molecule has 3 rings (SSSR count). The maximum atomic E-state index is 12.7. The number of fused-ring (bicyclic) bond motifs is 1. The maximum absolute atomic E-state index is 12.7. The van der Waals surface area contributed by atoms with E-state index in [1.54, 1.807) is 15.6 Å². The van der Waals surface area contributed by atoms with Gasteiger partial charge in [0.05, 0.1) is 18.7 Å². The van der Waals surface area contributed by atoms with Crippen LogP contribution in [0.3, 0.4) is 0 Å². The molecule has 2 aromatic heterocycles. The van der Waals surface area contributed by atoms with Crippen LogP contribution in [0.15, 0.2) is 12.3 Å². The lowest BCUT2D eigenvalue weighted by atomic mass is 9.92. The van der Waals surface area contributed by atoms with Gasteiger partial charge in [0.15, 0.2) is 5.65 Å². The second-order valence-electron chi connectivity index (χ2n) is 8.25. The minimum atomic E-state index is -0.545. The third kappa shape index (κ3) is 4.93. The largest absolute Gasteiger partial charge is 0.393 e. The summed E-state index contributed by atoms with van der Waals surface area (Å²) in [7, 11) is 0. The van der Waals surface area contributed by atoms with Gasteiger partial charge in [0.2, 0.25) is 5.91 Å². The number of aromatic nitrogens is 3. The molecule has 2 aromatic rings. The highest BCUT2D eigenvalue weighted by atomic mass is 16.3. The first-order chi connectivity index (χ1) is 13.8. The van der Waals surface area contributed by atoms with Crippen LogP contribution < -0.4 is 5.32 Å². The second-order valence-corrected chi connectivity index (χ2v) is 8.25. The van der Waals surface area contributed by atoms with Crippen molar-refractivity contribution in [2.75, 3.05) is 13.1 Å². The fourth-order valence-electron chi connectivity index (χ4n) is 3.98. The van der Waals surface area contributed by atoms with Crippen molar-refractivity contribution in [3.8, 4) is 0 Å². The highest BCUT2D eigenvalue weighted by Gasteiger charge is 2.32. The molecule has 0 spiro atoms. The third-order valence-corrected chi connectivity index (χ3v) is 5.43. The van der Waals surface area contributed by atoms with E-state index in [9.17, 15) is 14.7 Å². The Balaban J connectivity index is 1.49. The van der Waals surface area contributed by atoms with Crippen LogP contribution in [-0.2, 0) is 4.79 Å². The molecule has 2 amide bonds. The molecular weight excluding hydrogens is 370 g/mol. The van der Waals surface area contributed by atoms with Gasteiger partial charge in [-0.3, -0.25) is 9.59 Å². The number of nitrogens with one attached hydrogen (secondary N) is 1. The van der Waals surface area contributed by atoms with Crippen molar-refractivity contribution in [1.82, 2.24) is 24.8 Å². The molecule has 2 atom stereocenters. The summed E-state index contributed by atoms with van der Waals surface area (Å²) >= 11 is 0. The van der Waals surface area contributed by atoms with Gasteiger partial charge in [-0.25, -0.2) is 9.50 Å². The van der Waals surface area contributed by atoms with Gasteiger partial charge in [-0.05, 0) is 45.6 Å². The molecular formula is C21H31N5O3. The predicted molar refractivity (Wildman–Crippen MR) is 110 cm³/mol. The topological polar surface area (TPSA) is 99.8 Å². The zero-order valence-electron chi connectivity index (χ0n) is 17.7. The number of carbonyl (C=O) groups excluding carboxylic acids is 2. The molecule has 0 aliphatic carbocycles. The number of aliphatic hydroxyl groups is 1. The van der Waals surface area contributed by atoms with Crippen molar-refractivity contribution in [2.45, 2.75) is 65.5 Å². The van der Waals surface area contributed by atoms with E-state index in [0.717, 1.165) is 24.2 Å². The van der Waals surface area contributed by atoms with Crippen LogP contribution in [-0.4, -0.2) is 61.7 Å². The van der Waals surface area contributed by atoms with E-state index in [0.29, 0.717) is 36.6 Å². The highest BCUT2D eigenvalue weighted by molar-refractivity contribution is 5.99. The summed E-state index contributed by atoms with van der Waals surface area (Å²) in [4.78, 5) is 31.1. The van der Waals surface area contributed by atoms with E-state index < -0.39 is 6.10 Å². The Morgan fingerprint density at radius 3 is 2.76 bits per heavy atom. The lowest BCUT2D eigenvalue weighted by Crippen LogP contribution is -2.52. The zero-order chi connectivity index (χ0) is 21.1. The third-order valence-electron chi connectivity index (χ3n) is 5.43. The monoisotopic (exact) mass is 401 g/mol. The number of nitrogens with zero attached hydrogens (tertiary/aromatic N) is 4. The Labute approximate surface area is 171 Å². The lowest BCUT2D eigenvalue weighted by molar-refractivity contribution is -0.140. The first-order valence-electron chi connectivity index (χ1n) is 10.4. The smallest absolute Gasteiger partial charge is 0.256 e. The summed E-state index contributed by atoms with van der Waals surface area (Å²) in [5.41, 5.74) is 2.82. The van der Waals surface area contributed by atoms with Crippen molar-refractivity contribution in [3.63, 3.8) is 0 Å². The molecule has 29 heavy (non-hydrogen) atoms. The van der Waals surface area contributed by atoms with E-state index in [4.69, 9.17) is 0 Å². The minimum absolute atomic E-state index is 0.0158. The van der Waals surface area contributed by atoms with Gasteiger partial charge >= 0.3 is 0 Å². The Morgan fingerprint density at radius 1 is 1.34 bits per heavy atom. The standard InChI is InChI=1S/C21H31N5O3/c1-5-6-17(27)9-19(28)25-11-16(12-25)8-14(3)24-21(29)18-10-22-26-15(4)7-13(2)23-20(18)26/h7,10,14,16-17,27H,5-6,8-9,11-12H2,1-4H3,(H,24,29). The van der Waals surface area contributed by atoms with Crippen LogP contribution in [0.25, 0.3) is 5.65 Å². The van der Waals surface area contributed by atoms with E-state index in [1.807, 2.05) is 33.8 Å². The van der Waals surface area contributed by atoms with E-state index in [1.165, 1.54) is 0 Å². The summed E-state index contributed by atoms with van der Waals surface area (Å²) < 4.78 is 1.68. The molecule has 3 heterocycles. The van der Waals surface area contributed by atoms with Crippen molar-refractivity contribution in [2.24, 2.45) is 5.92 Å². The molecule has 1 aliphatic heterocycles. The van der Waals surface area contributed by atoms with Crippen LogP contribution in [0.4, 0.5) is 0 Å². The normalized spacial score (nSPS) is 16.5. The van der Waals surface area contributed by atoms with Crippen molar-refractivity contribution in [1.29, 1.82) is 0 Å². The molecule has 0 radical (unpaired) electrons. The molecule has 158 valence electrons. The number of likely N-dealkylation sites (tertiary alicyclic amines) is 1. The zero-order valence-corrected chi connectivity index (χ0v) is 17.7. The molecule has 2 N–H and O–H groups in total. The van der Waals surface area contributed by atoms with E-state index in [-0.39, 0.29) is 24.3 Å². The predicted octanol–water partition coefficient (Wildman–Crippen LogP) is 1.86. The lowest BCUT2D eigenvalue weighted by Gasteiger charge is -2.41. The fourth-order valence-corrected chi connectivity index (χ4v) is 3.98. The minimum Gasteiger partial charge on any atom is -0.393 e. The summed E-state index contributed by atoms with van der Waals surface area (Å²) in [6.45, 7) is 9.18. The fraction of sp³-hybridized carbons (Fsp3) is 0.619. The number of aryl methyl sites for hydroxylation is 2. The quantitative estimate of drug-likeness (QED) is 0.703. The number of aliphatic hydroxyl groups excluding tert-OH is 1. The molecule has 0 aromatic carbocycles. The number of amides is 2. The van der Waals surface area contributed by atoms with Crippen molar-refractivity contribution in [3.05, 3.63) is 29.2 Å². The molecule has 1 fully saturated rings. The summed E-state index contributed by atoms with van der Waals surface area (Å²) in [5.74, 6) is 0.200. The van der Waals surface area contributed by atoms with Gasteiger partial charge in [-0.2, -0.15) is 5.10 Å². The molecule has 0 bridgehead atoms. The maximum Gasteiger partial charge on any atom is 0.256 e. The van der Waals surface area contributed by atoms with Crippen LogP contribution in [0.1, 0.15) is 61.3 Å². The molecule has 8 nitrogen and oxygen atoms in total. The van der Waals surface area contributed by atoms with Gasteiger partial charge < -0.3 is 15.3 Å². The van der Waals surface area contributed by atoms with Crippen molar-refractivity contribution < 1.29 is 14.7 Å². The van der Waals surface area contributed by atoms with E-state index >= 15 is 0 Å². The molecule has 1 aliphatic rings. The first kappa shape index (κ1) is 21.2. The SMILES string of the molecule is CCCC(O)CC(=O)N1CC(CC(C)NC(=O)c2cnn3c(C)cc(C)nc23)C1. The highest BCUT2D eigenvalue weighted by Crippen LogP contribution is 2.22. The molecule has 2 unspecified atom stereocenters. The second kappa shape index (κ2) is 8.90. The molecule has 8 heteroatoms. The Bertz CT molecular complexity index is 888. The molecule has 1 saturated heterocycles. The Kier molecular flexibility index (Phi) is 6.52. The Hall–Kier alpha value is -2.48. The number of rotatable bonds is 8. The van der Waals surface area contributed by atoms with Crippen LogP contribution in [0.5, 0.6) is 0 Å². The summed E-state index contributed by atoms with van der Waals surface area (Å²) in [6, 6.07) is 1.91.